The van der Waals surface area contributed by atoms with E-state index in [1.54, 1.807) is 0 Å². The smallest absolute Gasteiger partial charge is 0.148 e. The predicted octanol–water partition coefficient (Wildman–Crippen LogP) is 4.84. The lowest BCUT2D eigenvalue weighted by Gasteiger charge is -2.11. The number of fused-ring (bicyclic) bond motifs is 1. The van der Waals surface area contributed by atoms with Crippen LogP contribution in [-0.4, -0.2) is 9.55 Å². The average Bonchev–Trinajstić information content (AvgIpc) is 2.84. The molecule has 0 atom stereocenters. The maximum absolute atomic E-state index is 6.13. The maximum atomic E-state index is 6.13. The molecule has 0 aliphatic carbocycles. The van der Waals surface area contributed by atoms with Crippen LogP contribution in [0, 0.1) is 0 Å². The number of rotatable bonds is 5. The third-order valence-electron chi connectivity index (χ3n) is 3.36. The van der Waals surface area contributed by atoms with Crippen molar-refractivity contribution >= 4 is 22.6 Å². The summed E-state index contributed by atoms with van der Waals surface area (Å²) in [7, 11) is 0. The summed E-state index contributed by atoms with van der Waals surface area (Å²) in [5.41, 5.74) is 3.12. The first-order chi connectivity index (χ1) is 10.6. The van der Waals surface area contributed by atoms with Gasteiger partial charge in [0.05, 0.1) is 16.1 Å². The van der Waals surface area contributed by atoms with E-state index in [1.165, 1.54) is 0 Å². The van der Waals surface area contributed by atoms with E-state index in [2.05, 4.69) is 22.2 Å². The number of allylic oxidation sites excluding steroid dienone is 1. The Morgan fingerprint density at radius 3 is 2.68 bits per heavy atom. The van der Waals surface area contributed by atoms with Gasteiger partial charge in [-0.25, -0.2) is 4.98 Å². The molecule has 3 nitrogen and oxygen atoms in total. The summed E-state index contributed by atoms with van der Waals surface area (Å²) in [6.45, 7) is 7.10. The number of benzene rings is 2. The molecule has 0 spiro atoms. The lowest BCUT2D eigenvalue weighted by molar-refractivity contribution is 0.291. The van der Waals surface area contributed by atoms with Crippen molar-refractivity contribution < 1.29 is 4.74 Å². The Morgan fingerprint density at radius 2 is 1.91 bits per heavy atom. The van der Waals surface area contributed by atoms with Gasteiger partial charge in [0.25, 0.3) is 0 Å². The van der Waals surface area contributed by atoms with Crippen molar-refractivity contribution in [2.75, 3.05) is 0 Å². The number of aromatic nitrogens is 2. The molecular weight excluding hydrogens is 296 g/mol. The van der Waals surface area contributed by atoms with Gasteiger partial charge in [0.2, 0.25) is 0 Å². The molecule has 3 rings (SSSR count). The third kappa shape index (κ3) is 3.00. The minimum atomic E-state index is 0.367. The second-order valence-corrected chi connectivity index (χ2v) is 5.69. The van der Waals surface area contributed by atoms with Gasteiger partial charge in [-0.2, -0.15) is 0 Å². The molecule has 1 aromatic heterocycles. The number of ether oxygens (including phenoxy) is 1. The molecule has 0 saturated carbocycles. The second kappa shape index (κ2) is 6.24. The Labute approximate surface area is 134 Å². The number of nitrogens with zero attached hydrogens (tertiary/aromatic N) is 2. The SMILES string of the molecule is C=C(C)Cn1c(COc2ccccc2Cl)nc2ccccc21. The van der Waals surface area contributed by atoms with Crippen molar-refractivity contribution in [3.8, 4) is 5.75 Å². The molecule has 0 unspecified atom stereocenters. The molecule has 0 bridgehead atoms. The van der Waals surface area contributed by atoms with E-state index in [1.807, 2.05) is 49.4 Å². The molecular formula is C18H17ClN2O. The summed E-state index contributed by atoms with van der Waals surface area (Å²) in [6, 6.07) is 15.5. The maximum Gasteiger partial charge on any atom is 0.148 e. The van der Waals surface area contributed by atoms with Crippen molar-refractivity contribution in [2.24, 2.45) is 0 Å². The number of hydrogen-bond donors (Lipinski definition) is 0. The van der Waals surface area contributed by atoms with Crippen LogP contribution in [0.25, 0.3) is 11.0 Å². The van der Waals surface area contributed by atoms with Gasteiger partial charge in [0, 0.05) is 6.54 Å². The van der Waals surface area contributed by atoms with Crippen LogP contribution < -0.4 is 4.74 Å². The third-order valence-corrected chi connectivity index (χ3v) is 3.67. The normalized spacial score (nSPS) is 10.8. The fourth-order valence-electron chi connectivity index (χ4n) is 2.39. The Hall–Kier alpha value is -2.26. The van der Waals surface area contributed by atoms with E-state index < -0.39 is 0 Å². The van der Waals surface area contributed by atoms with Gasteiger partial charge >= 0.3 is 0 Å². The van der Waals surface area contributed by atoms with Gasteiger partial charge in [0.1, 0.15) is 18.2 Å². The zero-order valence-electron chi connectivity index (χ0n) is 12.4. The van der Waals surface area contributed by atoms with Crippen LogP contribution in [0.1, 0.15) is 12.7 Å². The molecule has 22 heavy (non-hydrogen) atoms. The lowest BCUT2D eigenvalue weighted by atomic mass is 10.3. The summed E-state index contributed by atoms with van der Waals surface area (Å²) in [5.74, 6) is 1.53. The van der Waals surface area contributed by atoms with Gasteiger partial charge in [-0.15, -0.1) is 0 Å². The molecule has 0 aliphatic rings. The molecule has 0 amide bonds. The zero-order valence-corrected chi connectivity index (χ0v) is 13.2. The molecule has 0 aliphatic heterocycles. The van der Waals surface area contributed by atoms with E-state index in [0.717, 1.165) is 29.0 Å². The number of imidazole rings is 1. The molecule has 0 N–H and O–H groups in total. The average molecular weight is 313 g/mol. The van der Waals surface area contributed by atoms with Crippen LogP contribution in [0.4, 0.5) is 0 Å². The fraction of sp³-hybridized carbons (Fsp3) is 0.167. The van der Waals surface area contributed by atoms with E-state index in [-0.39, 0.29) is 0 Å². The number of halogens is 1. The van der Waals surface area contributed by atoms with Gasteiger partial charge in [0.15, 0.2) is 0 Å². The van der Waals surface area contributed by atoms with Crippen LogP contribution in [0.3, 0.4) is 0 Å². The largest absolute Gasteiger partial charge is 0.484 e. The van der Waals surface area contributed by atoms with Gasteiger partial charge in [-0.1, -0.05) is 48.0 Å². The summed E-state index contributed by atoms with van der Waals surface area (Å²) in [4.78, 5) is 4.66. The van der Waals surface area contributed by atoms with Crippen molar-refractivity contribution in [2.45, 2.75) is 20.1 Å². The highest BCUT2D eigenvalue weighted by Crippen LogP contribution is 2.25. The van der Waals surface area contributed by atoms with E-state index in [4.69, 9.17) is 16.3 Å². The Bertz CT molecular complexity index is 823. The number of hydrogen-bond acceptors (Lipinski definition) is 2. The summed E-state index contributed by atoms with van der Waals surface area (Å²) in [5, 5.41) is 0.602. The van der Waals surface area contributed by atoms with E-state index in [0.29, 0.717) is 17.4 Å². The highest BCUT2D eigenvalue weighted by molar-refractivity contribution is 6.32. The summed E-state index contributed by atoms with van der Waals surface area (Å²) < 4.78 is 7.96. The molecule has 0 fully saturated rings. The number of para-hydroxylation sites is 3. The first-order valence-electron chi connectivity index (χ1n) is 7.11. The lowest BCUT2D eigenvalue weighted by Crippen LogP contribution is -2.08. The van der Waals surface area contributed by atoms with Gasteiger partial charge in [-0.3, -0.25) is 0 Å². The van der Waals surface area contributed by atoms with Crippen LogP contribution in [0.15, 0.2) is 60.7 Å². The van der Waals surface area contributed by atoms with Crippen LogP contribution in [0.5, 0.6) is 5.75 Å². The first kappa shape index (κ1) is 14.7. The minimum absolute atomic E-state index is 0.367. The summed E-state index contributed by atoms with van der Waals surface area (Å²) in [6.07, 6.45) is 0. The van der Waals surface area contributed by atoms with E-state index in [9.17, 15) is 0 Å². The van der Waals surface area contributed by atoms with Gasteiger partial charge in [-0.05, 0) is 31.2 Å². The molecule has 1 heterocycles. The van der Waals surface area contributed by atoms with Crippen molar-refractivity contribution in [3.63, 3.8) is 0 Å². The highest BCUT2D eigenvalue weighted by atomic mass is 35.5. The predicted molar refractivity (Wildman–Crippen MR) is 90.3 cm³/mol. The first-order valence-corrected chi connectivity index (χ1v) is 7.49. The molecule has 2 aromatic carbocycles. The topological polar surface area (TPSA) is 27.1 Å². The second-order valence-electron chi connectivity index (χ2n) is 5.28. The Morgan fingerprint density at radius 1 is 1.18 bits per heavy atom. The molecule has 0 saturated heterocycles. The van der Waals surface area contributed by atoms with Crippen molar-refractivity contribution in [3.05, 3.63) is 71.5 Å². The van der Waals surface area contributed by atoms with E-state index >= 15 is 0 Å². The molecule has 112 valence electrons. The van der Waals surface area contributed by atoms with Crippen LogP contribution in [0.2, 0.25) is 5.02 Å². The van der Waals surface area contributed by atoms with Gasteiger partial charge < -0.3 is 9.30 Å². The van der Waals surface area contributed by atoms with Crippen molar-refractivity contribution in [1.29, 1.82) is 0 Å². The summed E-state index contributed by atoms with van der Waals surface area (Å²) >= 11 is 6.13. The standard InChI is InChI=1S/C18H17ClN2O/c1-13(2)11-21-16-9-5-4-8-15(16)20-18(21)12-22-17-10-6-3-7-14(17)19/h3-10H,1,11-12H2,2H3. The fourth-order valence-corrected chi connectivity index (χ4v) is 2.58. The minimum Gasteiger partial charge on any atom is -0.484 e. The van der Waals surface area contributed by atoms with Crippen LogP contribution >= 0.6 is 11.6 Å². The quantitative estimate of drug-likeness (QED) is 0.630. The molecule has 4 heteroatoms. The highest BCUT2D eigenvalue weighted by Gasteiger charge is 2.11. The Kier molecular flexibility index (Phi) is 4.16. The van der Waals surface area contributed by atoms with Crippen molar-refractivity contribution in [1.82, 2.24) is 9.55 Å². The monoisotopic (exact) mass is 312 g/mol. The zero-order chi connectivity index (χ0) is 15.5. The Balaban J connectivity index is 1.92. The molecule has 0 radical (unpaired) electrons. The van der Waals surface area contributed by atoms with Crippen LogP contribution in [-0.2, 0) is 13.2 Å². The molecule has 3 aromatic rings.